The number of anilines is 1. The molecule has 1 aromatic rings. The minimum absolute atomic E-state index is 0.0407. The van der Waals surface area contributed by atoms with Crippen molar-refractivity contribution in [3.8, 4) is 0 Å². The standard InChI is InChI=1S/C12H13ClINO3S/c1-2-8-5-9(14)3-4-11(8)15-7-10(6-12(15)16)19(13,17)18/h3-5,10H,2,6-7H2,1H3. The van der Waals surface area contributed by atoms with Gasteiger partial charge in [-0.15, -0.1) is 0 Å². The van der Waals surface area contributed by atoms with Gasteiger partial charge in [0.05, 0.1) is 0 Å². The van der Waals surface area contributed by atoms with Gasteiger partial charge in [-0.1, -0.05) is 6.92 Å². The minimum atomic E-state index is -3.70. The van der Waals surface area contributed by atoms with Crippen molar-refractivity contribution in [2.75, 3.05) is 11.4 Å². The van der Waals surface area contributed by atoms with Crippen LogP contribution < -0.4 is 4.90 Å². The topological polar surface area (TPSA) is 54.5 Å². The Bertz CT molecular complexity index is 617. The number of nitrogens with zero attached hydrogens (tertiary/aromatic N) is 1. The average molecular weight is 414 g/mol. The molecular formula is C12H13ClINO3S. The van der Waals surface area contributed by atoms with Gasteiger partial charge in [-0.3, -0.25) is 4.79 Å². The van der Waals surface area contributed by atoms with E-state index in [1.165, 1.54) is 4.90 Å². The number of carbonyl (C=O) groups is 1. The highest BCUT2D eigenvalue weighted by Crippen LogP contribution is 2.30. The summed E-state index contributed by atoms with van der Waals surface area (Å²) in [5, 5.41) is -0.814. The fraction of sp³-hybridized carbons (Fsp3) is 0.417. The number of benzene rings is 1. The van der Waals surface area contributed by atoms with Crippen molar-refractivity contribution < 1.29 is 13.2 Å². The Kier molecular flexibility index (Phi) is 4.42. The zero-order chi connectivity index (χ0) is 14.2. The molecule has 0 bridgehead atoms. The zero-order valence-electron chi connectivity index (χ0n) is 10.3. The maximum absolute atomic E-state index is 12.0. The molecule has 1 heterocycles. The molecule has 0 N–H and O–H groups in total. The molecule has 1 fully saturated rings. The first-order chi connectivity index (χ1) is 8.82. The lowest BCUT2D eigenvalue weighted by Crippen LogP contribution is -2.27. The normalized spacial score (nSPS) is 20.1. The second kappa shape index (κ2) is 5.57. The first kappa shape index (κ1) is 15.1. The minimum Gasteiger partial charge on any atom is -0.311 e. The monoisotopic (exact) mass is 413 g/mol. The molecule has 1 atom stereocenters. The fourth-order valence-corrected chi connectivity index (χ4v) is 3.78. The van der Waals surface area contributed by atoms with E-state index in [1.54, 1.807) is 0 Å². The van der Waals surface area contributed by atoms with Crippen LogP contribution in [0.5, 0.6) is 0 Å². The van der Waals surface area contributed by atoms with Crippen LogP contribution in [0.2, 0.25) is 0 Å². The van der Waals surface area contributed by atoms with Gasteiger partial charge in [0.15, 0.2) is 0 Å². The predicted molar refractivity (Wildman–Crippen MR) is 84.1 cm³/mol. The van der Waals surface area contributed by atoms with Crippen LogP contribution in [-0.2, 0) is 20.3 Å². The van der Waals surface area contributed by atoms with Gasteiger partial charge in [0, 0.05) is 32.9 Å². The Morgan fingerprint density at radius 3 is 2.68 bits per heavy atom. The molecular weight excluding hydrogens is 401 g/mol. The highest BCUT2D eigenvalue weighted by molar-refractivity contribution is 14.1. The molecule has 4 nitrogen and oxygen atoms in total. The van der Waals surface area contributed by atoms with Gasteiger partial charge < -0.3 is 4.90 Å². The molecule has 19 heavy (non-hydrogen) atoms. The molecule has 104 valence electrons. The van der Waals surface area contributed by atoms with E-state index >= 15 is 0 Å². The molecule has 2 rings (SSSR count). The summed E-state index contributed by atoms with van der Waals surface area (Å²) in [6.07, 6.45) is 0.745. The van der Waals surface area contributed by atoms with Crippen molar-refractivity contribution in [1.82, 2.24) is 0 Å². The molecule has 1 aliphatic heterocycles. The quantitative estimate of drug-likeness (QED) is 0.565. The molecule has 0 aliphatic carbocycles. The van der Waals surface area contributed by atoms with Crippen molar-refractivity contribution in [2.24, 2.45) is 0 Å². The Hall–Kier alpha value is -0.340. The Morgan fingerprint density at radius 2 is 2.16 bits per heavy atom. The molecule has 0 saturated carbocycles. The molecule has 1 aliphatic rings. The van der Waals surface area contributed by atoms with Gasteiger partial charge in [0.1, 0.15) is 5.25 Å². The number of aryl methyl sites for hydroxylation is 1. The summed E-state index contributed by atoms with van der Waals surface area (Å²) in [7, 11) is 1.65. The second-order valence-corrected chi connectivity index (χ2v) is 8.59. The smallest absolute Gasteiger partial charge is 0.237 e. The van der Waals surface area contributed by atoms with Gasteiger partial charge in [0.25, 0.3) is 0 Å². The summed E-state index contributed by atoms with van der Waals surface area (Å²) >= 11 is 2.21. The molecule has 1 aromatic carbocycles. The highest BCUT2D eigenvalue weighted by Gasteiger charge is 2.38. The molecule has 0 radical (unpaired) electrons. The van der Waals surface area contributed by atoms with Crippen molar-refractivity contribution in [2.45, 2.75) is 25.0 Å². The van der Waals surface area contributed by atoms with Crippen LogP contribution in [0.3, 0.4) is 0 Å². The molecule has 1 saturated heterocycles. The van der Waals surface area contributed by atoms with E-state index in [0.717, 1.165) is 21.2 Å². The largest absolute Gasteiger partial charge is 0.311 e. The number of halogens is 2. The van der Waals surface area contributed by atoms with Gasteiger partial charge in [-0.25, -0.2) is 8.42 Å². The van der Waals surface area contributed by atoms with Crippen LogP contribution in [0.25, 0.3) is 0 Å². The van der Waals surface area contributed by atoms with Gasteiger partial charge in [-0.05, 0) is 52.8 Å². The third-order valence-electron chi connectivity index (χ3n) is 3.20. The van der Waals surface area contributed by atoms with Gasteiger partial charge >= 0.3 is 0 Å². The Labute approximate surface area is 130 Å². The summed E-state index contributed by atoms with van der Waals surface area (Å²) in [5.74, 6) is -0.190. The van der Waals surface area contributed by atoms with Crippen LogP contribution in [-0.4, -0.2) is 26.1 Å². The fourth-order valence-electron chi connectivity index (χ4n) is 2.20. The summed E-state index contributed by atoms with van der Waals surface area (Å²) in [5.41, 5.74) is 1.82. The number of hydrogen-bond acceptors (Lipinski definition) is 3. The molecule has 0 aromatic heterocycles. The van der Waals surface area contributed by atoms with E-state index < -0.39 is 14.3 Å². The van der Waals surface area contributed by atoms with E-state index in [4.69, 9.17) is 10.7 Å². The van der Waals surface area contributed by atoms with E-state index in [0.29, 0.717) is 0 Å². The Balaban J connectivity index is 2.36. The van der Waals surface area contributed by atoms with Crippen LogP contribution in [0.1, 0.15) is 18.9 Å². The SMILES string of the molecule is CCc1cc(I)ccc1N1CC(S(=O)(=O)Cl)CC1=O. The van der Waals surface area contributed by atoms with Gasteiger partial charge in [0.2, 0.25) is 15.0 Å². The van der Waals surface area contributed by atoms with Crippen molar-refractivity contribution in [1.29, 1.82) is 0 Å². The maximum atomic E-state index is 12.0. The van der Waals surface area contributed by atoms with E-state index in [-0.39, 0.29) is 18.9 Å². The number of carbonyl (C=O) groups excluding carboxylic acids is 1. The van der Waals surface area contributed by atoms with E-state index in [9.17, 15) is 13.2 Å². The van der Waals surface area contributed by atoms with Crippen LogP contribution in [0.15, 0.2) is 18.2 Å². The third-order valence-corrected chi connectivity index (χ3v) is 5.74. The molecule has 1 unspecified atom stereocenters. The highest BCUT2D eigenvalue weighted by atomic mass is 127. The summed E-state index contributed by atoms with van der Waals surface area (Å²) in [4.78, 5) is 13.5. The lowest BCUT2D eigenvalue weighted by atomic mass is 10.1. The summed E-state index contributed by atoms with van der Waals surface area (Å²) < 4.78 is 23.8. The number of amides is 1. The summed E-state index contributed by atoms with van der Waals surface area (Å²) in [6, 6.07) is 5.78. The third kappa shape index (κ3) is 3.22. The number of rotatable bonds is 3. The lowest BCUT2D eigenvalue weighted by molar-refractivity contribution is -0.117. The first-order valence-corrected chi connectivity index (χ1v) is 9.30. The van der Waals surface area contributed by atoms with E-state index in [1.807, 2.05) is 25.1 Å². The van der Waals surface area contributed by atoms with Crippen molar-refractivity contribution in [3.63, 3.8) is 0 Å². The average Bonchev–Trinajstić information content (AvgIpc) is 2.71. The second-order valence-electron chi connectivity index (χ2n) is 4.43. The first-order valence-electron chi connectivity index (χ1n) is 5.85. The lowest BCUT2D eigenvalue weighted by Gasteiger charge is -2.20. The molecule has 1 amide bonds. The summed E-state index contributed by atoms with van der Waals surface area (Å²) in [6.45, 7) is 2.14. The van der Waals surface area contributed by atoms with E-state index in [2.05, 4.69) is 22.6 Å². The van der Waals surface area contributed by atoms with Crippen LogP contribution in [0.4, 0.5) is 5.69 Å². The zero-order valence-corrected chi connectivity index (χ0v) is 14.0. The number of hydrogen-bond donors (Lipinski definition) is 0. The maximum Gasteiger partial charge on any atom is 0.237 e. The van der Waals surface area contributed by atoms with Crippen molar-refractivity contribution >= 4 is 53.9 Å². The van der Waals surface area contributed by atoms with Crippen LogP contribution >= 0.6 is 33.3 Å². The Morgan fingerprint density at radius 1 is 1.47 bits per heavy atom. The molecule has 7 heteroatoms. The molecule has 0 spiro atoms. The van der Waals surface area contributed by atoms with Crippen molar-refractivity contribution in [3.05, 3.63) is 27.3 Å². The van der Waals surface area contributed by atoms with Crippen LogP contribution in [0, 0.1) is 3.57 Å². The van der Waals surface area contributed by atoms with Gasteiger partial charge in [-0.2, -0.15) is 0 Å². The predicted octanol–water partition coefficient (Wildman–Crippen LogP) is 2.53.